The zero-order valence-corrected chi connectivity index (χ0v) is 7.89. The lowest BCUT2D eigenvalue weighted by atomic mass is 9.78. The molecule has 0 radical (unpaired) electrons. The number of nitrogens with zero attached hydrogens (tertiary/aromatic N) is 1. The van der Waals surface area contributed by atoms with E-state index >= 15 is 0 Å². The molecule has 0 aromatic carbocycles. The van der Waals surface area contributed by atoms with Crippen molar-refractivity contribution in [1.82, 2.24) is 4.98 Å². The molecule has 6 heteroatoms. The lowest BCUT2D eigenvalue weighted by Gasteiger charge is -2.05. The number of methoxy groups -OCH3 is 1. The molecule has 1 aromatic heterocycles. The molecule has 0 spiro atoms. The van der Waals surface area contributed by atoms with E-state index in [2.05, 4.69) is 9.72 Å². The van der Waals surface area contributed by atoms with E-state index in [-0.39, 0.29) is 11.2 Å². The first kappa shape index (κ1) is 10.7. The number of carbonyl (C=O) groups is 1. The van der Waals surface area contributed by atoms with Crippen LogP contribution in [0.5, 0.6) is 0 Å². The minimum absolute atomic E-state index is 0.148. The Bertz CT molecular complexity index is 353. The van der Waals surface area contributed by atoms with Gasteiger partial charge in [-0.3, -0.25) is 0 Å². The Morgan fingerprint density at radius 2 is 2.21 bits per heavy atom. The summed E-state index contributed by atoms with van der Waals surface area (Å²) in [5.41, 5.74) is 1.00. The summed E-state index contributed by atoms with van der Waals surface area (Å²) >= 11 is 0. The fourth-order valence-corrected chi connectivity index (χ4v) is 1.05. The Morgan fingerprint density at radius 3 is 2.64 bits per heavy atom. The summed E-state index contributed by atoms with van der Waals surface area (Å²) in [6.45, 7) is 1.66. The fraction of sp³-hybridized carbons (Fsp3) is 0.250. The van der Waals surface area contributed by atoms with Crippen LogP contribution in [-0.2, 0) is 4.74 Å². The molecular weight excluding hydrogens is 185 g/mol. The second kappa shape index (κ2) is 4.21. The molecule has 0 fully saturated rings. The summed E-state index contributed by atoms with van der Waals surface area (Å²) in [5, 5.41) is 17.8. The van der Waals surface area contributed by atoms with Crippen LogP contribution < -0.4 is 5.46 Å². The highest BCUT2D eigenvalue weighted by molar-refractivity contribution is 6.59. The van der Waals surface area contributed by atoms with Gasteiger partial charge in [-0.15, -0.1) is 0 Å². The average molecular weight is 195 g/mol. The van der Waals surface area contributed by atoms with E-state index in [1.165, 1.54) is 19.4 Å². The smallest absolute Gasteiger partial charge is 0.464 e. The quantitative estimate of drug-likeness (QED) is 0.460. The van der Waals surface area contributed by atoms with Crippen molar-refractivity contribution in [3.63, 3.8) is 0 Å². The van der Waals surface area contributed by atoms with Gasteiger partial charge < -0.3 is 14.8 Å². The lowest BCUT2D eigenvalue weighted by Crippen LogP contribution is -2.33. The minimum Gasteiger partial charge on any atom is -0.464 e. The molecule has 1 rings (SSSR count). The third kappa shape index (κ3) is 2.10. The highest BCUT2D eigenvalue weighted by Gasteiger charge is 2.16. The summed E-state index contributed by atoms with van der Waals surface area (Å²) < 4.78 is 4.47. The van der Waals surface area contributed by atoms with Crippen molar-refractivity contribution in [1.29, 1.82) is 0 Å². The second-order valence-electron chi connectivity index (χ2n) is 2.79. The maximum absolute atomic E-state index is 11.0. The Morgan fingerprint density at radius 1 is 1.57 bits per heavy atom. The van der Waals surface area contributed by atoms with Crippen LogP contribution in [0.1, 0.15) is 16.1 Å². The highest BCUT2D eigenvalue weighted by atomic mass is 16.5. The fourth-order valence-electron chi connectivity index (χ4n) is 1.05. The standard InChI is InChI=1S/C8H10BNO4/c1-5-3-7(8(11)14-2)10-4-6(5)9(12)13/h3-4,12-13H,1-2H3. The lowest BCUT2D eigenvalue weighted by molar-refractivity contribution is 0.0594. The highest BCUT2D eigenvalue weighted by Crippen LogP contribution is 2.00. The molecule has 1 heterocycles. The first-order valence-corrected chi connectivity index (χ1v) is 3.97. The molecule has 0 aliphatic carbocycles. The normalized spacial score (nSPS) is 9.71. The van der Waals surface area contributed by atoms with E-state index in [0.29, 0.717) is 5.56 Å². The van der Waals surface area contributed by atoms with E-state index in [1.807, 2.05) is 0 Å². The van der Waals surface area contributed by atoms with Crippen LogP contribution in [0.4, 0.5) is 0 Å². The first-order valence-electron chi connectivity index (χ1n) is 3.97. The van der Waals surface area contributed by atoms with E-state index < -0.39 is 13.1 Å². The number of ether oxygens (including phenoxy) is 1. The monoisotopic (exact) mass is 195 g/mol. The molecule has 0 atom stereocenters. The summed E-state index contributed by atoms with van der Waals surface area (Å²) in [6.07, 6.45) is 1.24. The SMILES string of the molecule is COC(=O)c1cc(C)c(B(O)O)cn1. The zero-order valence-electron chi connectivity index (χ0n) is 7.89. The van der Waals surface area contributed by atoms with Gasteiger partial charge >= 0.3 is 13.1 Å². The van der Waals surface area contributed by atoms with Crippen LogP contribution in [0, 0.1) is 6.92 Å². The first-order chi connectivity index (χ1) is 6.56. The van der Waals surface area contributed by atoms with Gasteiger partial charge in [0.1, 0.15) is 5.69 Å². The molecule has 0 saturated carbocycles. The predicted octanol–water partition coefficient (Wildman–Crippen LogP) is -1.14. The topological polar surface area (TPSA) is 79.7 Å². The van der Waals surface area contributed by atoms with Gasteiger partial charge in [-0.2, -0.15) is 0 Å². The van der Waals surface area contributed by atoms with Gasteiger partial charge in [-0.25, -0.2) is 9.78 Å². The number of aryl methyl sites for hydroxylation is 1. The maximum atomic E-state index is 11.0. The number of esters is 1. The van der Waals surface area contributed by atoms with Gasteiger partial charge in [0.05, 0.1) is 7.11 Å². The van der Waals surface area contributed by atoms with Crippen LogP contribution in [0.25, 0.3) is 0 Å². The zero-order chi connectivity index (χ0) is 10.7. The van der Waals surface area contributed by atoms with Gasteiger partial charge in [0.2, 0.25) is 0 Å². The molecule has 0 saturated heterocycles. The number of rotatable bonds is 2. The van der Waals surface area contributed by atoms with Crippen molar-refractivity contribution in [3.8, 4) is 0 Å². The third-order valence-electron chi connectivity index (χ3n) is 1.82. The van der Waals surface area contributed by atoms with Crippen molar-refractivity contribution < 1.29 is 19.6 Å². The van der Waals surface area contributed by atoms with Crippen molar-refractivity contribution in [2.24, 2.45) is 0 Å². The molecule has 0 aliphatic heterocycles. The van der Waals surface area contributed by atoms with Crippen molar-refractivity contribution >= 4 is 18.6 Å². The Kier molecular flexibility index (Phi) is 3.21. The maximum Gasteiger partial charge on any atom is 0.490 e. The molecule has 0 amide bonds. The van der Waals surface area contributed by atoms with Crippen LogP contribution in [0.15, 0.2) is 12.3 Å². The molecule has 2 N–H and O–H groups in total. The average Bonchev–Trinajstić information content (AvgIpc) is 2.15. The largest absolute Gasteiger partial charge is 0.490 e. The number of aromatic nitrogens is 1. The van der Waals surface area contributed by atoms with Crippen molar-refractivity contribution in [2.75, 3.05) is 7.11 Å². The van der Waals surface area contributed by atoms with Gasteiger partial charge in [0.15, 0.2) is 0 Å². The molecule has 0 bridgehead atoms. The van der Waals surface area contributed by atoms with E-state index in [0.717, 1.165) is 0 Å². The van der Waals surface area contributed by atoms with Gasteiger partial charge in [-0.1, -0.05) is 0 Å². The molecule has 0 aliphatic rings. The minimum atomic E-state index is -1.57. The number of pyridine rings is 1. The molecule has 1 aromatic rings. The molecule has 74 valence electrons. The molecule has 0 unspecified atom stereocenters. The number of hydrogen-bond donors (Lipinski definition) is 2. The predicted molar refractivity (Wildman–Crippen MR) is 50.1 cm³/mol. The van der Waals surface area contributed by atoms with Crippen LogP contribution in [0.2, 0.25) is 0 Å². The van der Waals surface area contributed by atoms with E-state index in [9.17, 15) is 4.79 Å². The van der Waals surface area contributed by atoms with Crippen molar-refractivity contribution in [2.45, 2.75) is 6.92 Å². The molecule has 5 nitrogen and oxygen atoms in total. The van der Waals surface area contributed by atoms with Crippen LogP contribution in [0.3, 0.4) is 0 Å². The number of hydrogen-bond acceptors (Lipinski definition) is 5. The summed E-state index contributed by atoms with van der Waals surface area (Å²) in [4.78, 5) is 14.8. The summed E-state index contributed by atoms with van der Waals surface area (Å²) in [5.74, 6) is -0.549. The van der Waals surface area contributed by atoms with E-state index in [1.54, 1.807) is 6.92 Å². The van der Waals surface area contributed by atoms with Gasteiger partial charge in [-0.05, 0) is 18.6 Å². The number of carbonyl (C=O) groups excluding carboxylic acids is 1. The molecule has 14 heavy (non-hydrogen) atoms. The molecular formula is C8H10BNO4. The summed E-state index contributed by atoms with van der Waals surface area (Å²) in [7, 11) is -0.317. The van der Waals surface area contributed by atoms with Gasteiger partial charge in [0.25, 0.3) is 0 Å². The third-order valence-corrected chi connectivity index (χ3v) is 1.82. The Balaban J connectivity index is 3.06. The Hall–Kier alpha value is -1.40. The van der Waals surface area contributed by atoms with Gasteiger partial charge in [0, 0.05) is 11.7 Å². The van der Waals surface area contributed by atoms with Crippen LogP contribution in [-0.4, -0.2) is 35.2 Å². The van der Waals surface area contributed by atoms with Crippen LogP contribution >= 0.6 is 0 Å². The van der Waals surface area contributed by atoms with E-state index in [4.69, 9.17) is 10.0 Å². The summed E-state index contributed by atoms with van der Waals surface area (Å²) in [6, 6.07) is 1.45. The second-order valence-corrected chi connectivity index (χ2v) is 2.79. The Labute approximate surface area is 81.5 Å². The van der Waals surface area contributed by atoms with Crippen molar-refractivity contribution in [3.05, 3.63) is 23.5 Å².